The minimum Gasteiger partial charge on any atom is -0.856 e. The number of hydrogen-bond acceptors (Lipinski definition) is 9. The molecule has 1 fully saturated rings. The Morgan fingerprint density at radius 2 is 1.95 bits per heavy atom. The largest absolute Gasteiger partial charge is 0.856 e. The number of hydrogen-bond donors (Lipinski definition) is 0. The molecule has 216 valence electrons. The number of aromatic nitrogens is 2. The Bertz CT molecular complexity index is 1470. The number of ether oxygens (including phenoxy) is 1. The zero-order chi connectivity index (χ0) is 29.1. The monoisotopic (exact) mass is 588 g/mol. The van der Waals surface area contributed by atoms with E-state index in [0.717, 1.165) is 22.2 Å². The SMILES string of the molecule is CCc1ccc(CCCN(Cc2nc(/C([O-])=N/S(=O)(=O)N(C)C)c(C)s2)C(=O)C2(c3ccc(OC)cn3)CC2)o1. The van der Waals surface area contributed by atoms with Gasteiger partial charge in [0.2, 0.25) is 5.91 Å². The minimum absolute atomic E-state index is 0.0292. The van der Waals surface area contributed by atoms with Gasteiger partial charge < -0.3 is 19.2 Å². The Hall–Kier alpha value is -3.29. The molecular formula is C27H34N5O6S2-. The highest BCUT2D eigenvalue weighted by molar-refractivity contribution is 7.87. The zero-order valence-electron chi connectivity index (χ0n) is 23.3. The van der Waals surface area contributed by atoms with Gasteiger partial charge in [-0.25, -0.2) is 4.98 Å². The van der Waals surface area contributed by atoms with Gasteiger partial charge in [0, 0.05) is 44.3 Å². The number of carbonyl (C=O) groups excluding carboxylic acids is 1. The first-order valence-corrected chi connectivity index (χ1v) is 15.2. The van der Waals surface area contributed by atoms with Gasteiger partial charge in [0.1, 0.15) is 22.3 Å². The lowest BCUT2D eigenvalue weighted by Gasteiger charge is -2.26. The fraction of sp³-hybridized carbons (Fsp3) is 0.481. The molecule has 1 aliphatic carbocycles. The number of pyridine rings is 1. The topological polar surface area (TPSA) is 141 Å². The Balaban J connectivity index is 1.57. The van der Waals surface area contributed by atoms with Crippen LogP contribution in [0.5, 0.6) is 5.75 Å². The van der Waals surface area contributed by atoms with Gasteiger partial charge in [0.15, 0.2) is 0 Å². The lowest BCUT2D eigenvalue weighted by molar-refractivity contribution is -0.212. The van der Waals surface area contributed by atoms with Crippen molar-refractivity contribution in [2.45, 2.75) is 57.9 Å². The van der Waals surface area contributed by atoms with Gasteiger partial charge >= 0.3 is 10.2 Å². The van der Waals surface area contributed by atoms with E-state index >= 15 is 0 Å². The molecule has 0 aromatic carbocycles. The van der Waals surface area contributed by atoms with E-state index in [1.807, 2.05) is 25.1 Å². The van der Waals surface area contributed by atoms with Gasteiger partial charge in [-0.15, -0.1) is 11.3 Å². The van der Waals surface area contributed by atoms with Crippen molar-refractivity contribution in [2.75, 3.05) is 27.7 Å². The predicted octanol–water partition coefficient (Wildman–Crippen LogP) is 2.62. The molecule has 13 heteroatoms. The van der Waals surface area contributed by atoms with Crippen molar-refractivity contribution in [3.05, 3.63) is 63.3 Å². The molecular weight excluding hydrogens is 554 g/mol. The molecule has 0 saturated heterocycles. The number of amides is 1. The van der Waals surface area contributed by atoms with E-state index in [0.29, 0.717) is 53.6 Å². The summed E-state index contributed by atoms with van der Waals surface area (Å²) in [6, 6.07) is 7.55. The number of methoxy groups -OCH3 is 1. The molecule has 11 nitrogen and oxygen atoms in total. The summed E-state index contributed by atoms with van der Waals surface area (Å²) in [5.74, 6) is 1.41. The van der Waals surface area contributed by atoms with E-state index in [-0.39, 0.29) is 18.1 Å². The van der Waals surface area contributed by atoms with Crippen molar-refractivity contribution in [1.82, 2.24) is 19.2 Å². The molecule has 4 rings (SSSR count). The minimum atomic E-state index is -4.09. The van der Waals surface area contributed by atoms with Crippen LogP contribution in [-0.2, 0) is 39.8 Å². The van der Waals surface area contributed by atoms with Crippen molar-refractivity contribution in [3.8, 4) is 5.75 Å². The first-order valence-electron chi connectivity index (χ1n) is 13.0. The van der Waals surface area contributed by atoms with Crippen LogP contribution in [0, 0.1) is 6.92 Å². The molecule has 1 saturated carbocycles. The van der Waals surface area contributed by atoms with Crippen molar-refractivity contribution in [3.63, 3.8) is 0 Å². The molecule has 0 aliphatic heterocycles. The number of nitrogens with zero attached hydrogens (tertiary/aromatic N) is 5. The maximum Gasteiger partial charge on any atom is 0.321 e. The van der Waals surface area contributed by atoms with Crippen molar-refractivity contribution >= 4 is 33.4 Å². The second kappa shape index (κ2) is 12.1. The maximum absolute atomic E-state index is 14.0. The molecule has 0 atom stereocenters. The molecule has 0 spiro atoms. The molecule has 1 amide bonds. The van der Waals surface area contributed by atoms with Gasteiger partial charge in [-0.2, -0.15) is 17.1 Å². The third-order valence-corrected chi connectivity index (χ3v) is 9.13. The van der Waals surface area contributed by atoms with Crippen LogP contribution in [0.2, 0.25) is 0 Å². The van der Waals surface area contributed by atoms with E-state index < -0.39 is 21.5 Å². The Morgan fingerprint density at radius 3 is 2.52 bits per heavy atom. The fourth-order valence-electron chi connectivity index (χ4n) is 4.34. The summed E-state index contributed by atoms with van der Waals surface area (Å²) in [6.45, 7) is 4.34. The molecule has 3 aromatic heterocycles. The number of furan rings is 1. The average Bonchev–Trinajstić information content (AvgIpc) is 3.46. The Labute approximate surface area is 238 Å². The molecule has 0 unspecified atom stereocenters. The smallest absolute Gasteiger partial charge is 0.321 e. The number of rotatable bonds is 13. The van der Waals surface area contributed by atoms with E-state index in [9.17, 15) is 18.3 Å². The molecule has 0 radical (unpaired) electrons. The highest BCUT2D eigenvalue weighted by Gasteiger charge is 2.54. The number of thiazole rings is 1. The van der Waals surface area contributed by atoms with Crippen LogP contribution in [0.4, 0.5) is 0 Å². The molecule has 3 aromatic rings. The van der Waals surface area contributed by atoms with Gasteiger partial charge in [-0.3, -0.25) is 9.78 Å². The van der Waals surface area contributed by atoms with Gasteiger partial charge in [0.25, 0.3) is 0 Å². The summed E-state index contributed by atoms with van der Waals surface area (Å²) in [5, 5.41) is 13.2. The first-order chi connectivity index (χ1) is 19.0. The summed E-state index contributed by atoms with van der Waals surface area (Å²) in [4.78, 5) is 25.2. The number of carbonyl (C=O) groups is 1. The summed E-state index contributed by atoms with van der Waals surface area (Å²) >= 11 is 1.25. The highest BCUT2D eigenvalue weighted by Crippen LogP contribution is 2.49. The first kappa shape index (κ1) is 29.7. The Morgan fingerprint density at radius 1 is 1.23 bits per heavy atom. The van der Waals surface area contributed by atoms with E-state index in [1.165, 1.54) is 25.4 Å². The molecule has 0 N–H and O–H groups in total. The van der Waals surface area contributed by atoms with Crippen molar-refractivity contribution in [2.24, 2.45) is 4.40 Å². The summed E-state index contributed by atoms with van der Waals surface area (Å²) in [7, 11) is 0.0712. The van der Waals surface area contributed by atoms with Crippen LogP contribution in [0.3, 0.4) is 0 Å². The maximum atomic E-state index is 14.0. The van der Waals surface area contributed by atoms with Crippen LogP contribution in [0.1, 0.15) is 59.0 Å². The van der Waals surface area contributed by atoms with E-state index in [1.54, 1.807) is 31.2 Å². The van der Waals surface area contributed by atoms with Crippen LogP contribution < -0.4 is 9.84 Å². The normalized spacial score (nSPS) is 14.9. The highest BCUT2D eigenvalue weighted by atomic mass is 32.2. The van der Waals surface area contributed by atoms with Crippen LogP contribution in [-0.4, -0.2) is 67.1 Å². The van der Waals surface area contributed by atoms with E-state index in [2.05, 4.69) is 14.4 Å². The molecule has 3 heterocycles. The summed E-state index contributed by atoms with van der Waals surface area (Å²) < 4.78 is 39.4. The summed E-state index contributed by atoms with van der Waals surface area (Å²) in [5.41, 5.74) is -0.0499. The second-order valence-electron chi connectivity index (χ2n) is 9.89. The zero-order valence-corrected chi connectivity index (χ0v) is 25.0. The van der Waals surface area contributed by atoms with E-state index in [4.69, 9.17) is 9.15 Å². The van der Waals surface area contributed by atoms with Crippen LogP contribution >= 0.6 is 11.3 Å². The summed E-state index contributed by atoms with van der Waals surface area (Å²) in [6.07, 6.45) is 5.13. The van der Waals surface area contributed by atoms with Gasteiger partial charge in [-0.05, 0) is 50.5 Å². The molecule has 40 heavy (non-hydrogen) atoms. The van der Waals surface area contributed by atoms with Crippen LogP contribution in [0.15, 0.2) is 39.3 Å². The lowest BCUT2D eigenvalue weighted by Crippen LogP contribution is -2.40. The van der Waals surface area contributed by atoms with Crippen LogP contribution in [0.25, 0.3) is 0 Å². The Kier molecular flexibility index (Phi) is 8.96. The van der Waals surface area contributed by atoms with Crippen molar-refractivity contribution in [1.29, 1.82) is 0 Å². The number of aryl methyl sites for hydroxylation is 3. The van der Waals surface area contributed by atoms with Gasteiger partial charge in [0.05, 0.1) is 36.7 Å². The quantitative estimate of drug-likeness (QED) is 0.219. The predicted molar refractivity (Wildman–Crippen MR) is 150 cm³/mol. The fourth-order valence-corrected chi connectivity index (χ4v) is 5.74. The van der Waals surface area contributed by atoms with Crippen molar-refractivity contribution < 1.29 is 27.5 Å². The second-order valence-corrected chi connectivity index (χ2v) is 13.0. The standard InChI is InChI=1S/C27H35N5O6S2/c1-6-19-9-10-20(38-19)8-7-15-32(26(34)27(13-14-27)22-12-11-21(37-5)16-28-22)17-23-29-24(18(2)39-23)25(33)30-40(35,36)31(3)4/h9-12,16H,6-8,13-15,17H2,1-5H3,(H,30,33)/p-1. The third-order valence-electron chi connectivity index (χ3n) is 6.86. The lowest BCUT2D eigenvalue weighted by atomic mass is 9.99. The average molecular weight is 589 g/mol. The molecule has 0 bridgehead atoms. The third kappa shape index (κ3) is 6.53. The van der Waals surface area contributed by atoms with Gasteiger partial charge in [-0.1, -0.05) is 6.92 Å². The molecule has 1 aliphatic rings.